The third-order valence-corrected chi connectivity index (χ3v) is 2.05. The Bertz CT molecular complexity index is 300. The maximum Gasteiger partial charge on any atom is 0.407 e. The summed E-state index contributed by atoms with van der Waals surface area (Å²) in [6.07, 6.45) is 1.33. The normalized spacial score (nSPS) is 12.2. The fraction of sp³-hybridized carbons (Fsp3) is 0.667. The SMILES string of the molecule is C=CC(C)NC(=S)NCCNC(=O)OC(C)(C)C. The van der Waals surface area contributed by atoms with Crippen molar-refractivity contribution in [3.8, 4) is 0 Å². The Balaban J connectivity index is 3.65. The number of carbonyl (C=O) groups is 1. The van der Waals surface area contributed by atoms with Crippen molar-refractivity contribution in [2.75, 3.05) is 13.1 Å². The number of thiocarbonyl (C=S) groups is 1. The first-order valence-electron chi connectivity index (χ1n) is 5.88. The molecule has 0 saturated carbocycles. The van der Waals surface area contributed by atoms with Crippen LogP contribution in [-0.2, 0) is 4.74 Å². The Kier molecular flexibility index (Phi) is 7.35. The van der Waals surface area contributed by atoms with Crippen molar-refractivity contribution in [2.45, 2.75) is 39.3 Å². The van der Waals surface area contributed by atoms with E-state index >= 15 is 0 Å². The number of amides is 1. The summed E-state index contributed by atoms with van der Waals surface area (Å²) < 4.78 is 5.09. The van der Waals surface area contributed by atoms with Crippen LogP contribution >= 0.6 is 12.2 Å². The summed E-state index contributed by atoms with van der Waals surface area (Å²) in [5.74, 6) is 0. The van der Waals surface area contributed by atoms with E-state index in [9.17, 15) is 4.79 Å². The number of hydrogen-bond donors (Lipinski definition) is 3. The Hall–Kier alpha value is -1.30. The fourth-order valence-electron chi connectivity index (χ4n) is 0.972. The second-order valence-electron chi connectivity index (χ2n) is 4.85. The highest BCUT2D eigenvalue weighted by molar-refractivity contribution is 7.80. The topological polar surface area (TPSA) is 62.4 Å². The van der Waals surface area contributed by atoms with Crippen LogP contribution in [0, 0.1) is 0 Å². The first-order chi connectivity index (χ1) is 8.24. The maximum absolute atomic E-state index is 11.3. The van der Waals surface area contributed by atoms with Crippen LogP contribution in [-0.4, -0.2) is 35.9 Å². The van der Waals surface area contributed by atoms with Gasteiger partial charge in [0.15, 0.2) is 5.11 Å². The molecule has 0 aliphatic rings. The third kappa shape index (κ3) is 9.89. The van der Waals surface area contributed by atoms with Gasteiger partial charge in [0.2, 0.25) is 0 Å². The zero-order chi connectivity index (χ0) is 14.2. The maximum atomic E-state index is 11.3. The molecule has 0 aliphatic heterocycles. The molecule has 1 atom stereocenters. The van der Waals surface area contributed by atoms with Crippen molar-refractivity contribution in [3.05, 3.63) is 12.7 Å². The van der Waals surface area contributed by atoms with Gasteiger partial charge in [-0.3, -0.25) is 0 Å². The predicted octanol–water partition coefficient (Wildman–Crippen LogP) is 1.55. The minimum atomic E-state index is -0.478. The second kappa shape index (κ2) is 7.92. The molecule has 0 bridgehead atoms. The van der Waals surface area contributed by atoms with E-state index < -0.39 is 11.7 Å². The molecule has 0 aliphatic carbocycles. The van der Waals surface area contributed by atoms with E-state index in [1.807, 2.05) is 27.7 Å². The molecule has 6 heteroatoms. The van der Waals surface area contributed by atoms with Crippen LogP contribution in [0.15, 0.2) is 12.7 Å². The van der Waals surface area contributed by atoms with Gasteiger partial charge in [-0.25, -0.2) is 4.79 Å². The number of rotatable bonds is 5. The van der Waals surface area contributed by atoms with Crippen molar-refractivity contribution in [3.63, 3.8) is 0 Å². The molecule has 0 rings (SSSR count). The van der Waals surface area contributed by atoms with E-state index in [-0.39, 0.29) is 6.04 Å². The molecule has 0 radical (unpaired) electrons. The summed E-state index contributed by atoms with van der Waals surface area (Å²) in [6.45, 7) is 12.0. The number of carbonyl (C=O) groups excluding carboxylic acids is 1. The van der Waals surface area contributed by atoms with Gasteiger partial charge < -0.3 is 20.7 Å². The van der Waals surface area contributed by atoms with Gasteiger partial charge in [0.1, 0.15) is 5.60 Å². The van der Waals surface area contributed by atoms with Crippen LogP contribution < -0.4 is 16.0 Å². The molecule has 0 aromatic heterocycles. The molecule has 0 spiro atoms. The lowest BCUT2D eigenvalue weighted by molar-refractivity contribution is 0.0529. The van der Waals surface area contributed by atoms with Gasteiger partial charge in [0.05, 0.1) is 0 Å². The second-order valence-corrected chi connectivity index (χ2v) is 5.26. The Morgan fingerprint density at radius 1 is 1.39 bits per heavy atom. The lowest BCUT2D eigenvalue weighted by Crippen LogP contribution is -2.43. The number of alkyl carbamates (subject to hydrolysis) is 1. The van der Waals surface area contributed by atoms with E-state index in [0.717, 1.165) is 0 Å². The zero-order valence-corrected chi connectivity index (χ0v) is 12.3. The number of hydrogen-bond acceptors (Lipinski definition) is 3. The van der Waals surface area contributed by atoms with Crippen LogP contribution in [0.25, 0.3) is 0 Å². The minimum Gasteiger partial charge on any atom is -0.444 e. The van der Waals surface area contributed by atoms with Gasteiger partial charge in [0, 0.05) is 19.1 Å². The van der Waals surface area contributed by atoms with Crippen LogP contribution in [0.5, 0.6) is 0 Å². The number of nitrogens with one attached hydrogen (secondary N) is 3. The van der Waals surface area contributed by atoms with Gasteiger partial charge in [-0.05, 0) is 39.9 Å². The molecule has 0 heterocycles. The summed E-state index contributed by atoms with van der Waals surface area (Å²) in [5.41, 5.74) is -0.478. The summed E-state index contributed by atoms with van der Waals surface area (Å²) in [7, 11) is 0. The van der Waals surface area contributed by atoms with Crippen molar-refractivity contribution >= 4 is 23.4 Å². The van der Waals surface area contributed by atoms with E-state index in [4.69, 9.17) is 17.0 Å². The standard InChI is InChI=1S/C12H23N3O2S/c1-6-9(2)15-10(18)13-7-8-14-11(16)17-12(3,4)5/h6,9H,1,7-8H2,2-5H3,(H,14,16)(H2,13,15,18). The van der Waals surface area contributed by atoms with E-state index in [1.54, 1.807) is 6.08 Å². The molecule has 0 saturated heterocycles. The van der Waals surface area contributed by atoms with Crippen molar-refractivity contribution < 1.29 is 9.53 Å². The smallest absolute Gasteiger partial charge is 0.407 e. The molecule has 0 fully saturated rings. The van der Waals surface area contributed by atoms with Gasteiger partial charge in [-0.1, -0.05) is 6.08 Å². The minimum absolute atomic E-state index is 0.115. The first kappa shape index (κ1) is 16.7. The zero-order valence-electron chi connectivity index (χ0n) is 11.5. The van der Waals surface area contributed by atoms with Crippen LogP contribution in [0.4, 0.5) is 4.79 Å². The van der Waals surface area contributed by atoms with E-state index in [2.05, 4.69) is 22.5 Å². The molecular weight excluding hydrogens is 250 g/mol. The van der Waals surface area contributed by atoms with Gasteiger partial charge in [-0.2, -0.15) is 0 Å². The quantitative estimate of drug-likeness (QED) is 0.403. The van der Waals surface area contributed by atoms with Gasteiger partial charge >= 0.3 is 6.09 Å². The third-order valence-electron chi connectivity index (χ3n) is 1.79. The molecule has 18 heavy (non-hydrogen) atoms. The molecule has 0 aromatic rings. The first-order valence-corrected chi connectivity index (χ1v) is 6.29. The van der Waals surface area contributed by atoms with Crippen LogP contribution in [0.1, 0.15) is 27.7 Å². The molecule has 3 N–H and O–H groups in total. The lowest BCUT2D eigenvalue weighted by Gasteiger charge is -2.20. The van der Waals surface area contributed by atoms with E-state index in [1.165, 1.54) is 0 Å². The Morgan fingerprint density at radius 2 is 1.94 bits per heavy atom. The van der Waals surface area contributed by atoms with Crippen molar-refractivity contribution in [1.82, 2.24) is 16.0 Å². The van der Waals surface area contributed by atoms with E-state index in [0.29, 0.717) is 18.2 Å². The summed E-state index contributed by atoms with van der Waals surface area (Å²) in [5, 5.41) is 9.15. The van der Waals surface area contributed by atoms with Crippen LogP contribution in [0.3, 0.4) is 0 Å². The Morgan fingerprint density at radius 3 is 2.44 bits per heavy atom. The molecule has 104 valence electrons. The summed E-state index contributed by atoms with van der Waals surface area (Å²) in [4.78, 5) is 11.3. The fourth-order valence-corrected chi connectivity index (χ4v) is 1.26. The predicted molar refractivity (Wildman–Crippen MR) is 77.6 cm³/mol. The lowest BCUT2D eigenvalue weighted by atomic mass is 10.2. The molecule has 1 amide bonds. The molecule has 5 nitrogen and oxygen atoms in total. The monoisotopic (exact) mass is 273 g/mol. The summed E-state index contributed by atoms with van der Waals surface area (Å²) >= 11 is 5.05. The highest BCUT2D eigenvalue weighted by Gasteiger charge is 2.15. The summed E-state index contributed by atoms with van der Waals surface area (Å²) in [6, 6.07) is 0.115. The van der Waals surface area contributed by atoms with Gasteiger partial charge in [-0.15, -0.1) is 6.58 Å². The van der Waals surface area contributed by atoms with Crippen LogP contribution in [0.2, 0.25) is 0 Å². The van der Waals surface area contributed by atoms with Gasteiger partial charge in [0.25, 0.3) is 0 Å². The number of ether oxygens (including phenoxy) is 1. The Labute approximate surface area is 114 Å². The average Bonchev–Trinajstić information content (AvgIpc) is 2.21. The van der Waals surface area contributed by atoms with Crippen molar-refractivity contribution in [1.29, 1.82) is 0 Å². The largest absolute Gasteiger partial charge is 0.444 e. The molecule has 0 aromatic carbocycles. The van der Waals surface area contributed by atoms with Crippen molar-refractivity contribution in [2.24, 2.45) is 0 Å². The average molecular weight is 273 g/mol. The highest BCUT2D eigenvalue weighted by Crippen LogP contribution is 2.05. The molecular formula is C12H23N3O2S. The molecule has 1 unspecified atom stereocenters. The highest BCUT2D eigenvalue weighted by atomic mass is 32.1.